The smallest absolute Gasteiger partial charge is 0.164 e. The Morgan fingerprint density at radius 3 is 2.07 bits per heavy atom. The number of benzene rings is 7. The molecule has 2 aromatic heterocycles. The maximum absolute atomic E-state index is 6.68. The molecule has 0 bridgehead atoms. The Labute approximate surface area is 325 Å². The molecular weight excluding hydrogens is 683 g/mol. The van der Waals surface area contributed by atoms with Crippen LogP contribution in [-0.4, -0.2) is 15.0 Å². The van der Waals surface area contributed by atoms with Gasteiger partial charge in [0, 0.05) is 40.0 Å². The SMILES string of the molecule is C/C=C\C=C/c1ccc(-c2nc(C3=CC(c4ccc5ccc(-c6ccccc6)cc5c4)Cc4oc5ccccc5c43)nc(-c3ccccc3)n2)c2ccccc12. The van der Waals surface area contributed by atoms with E-state index in [-0.39, 0.29) is 5.92 Å². The van der Waals surface area contributed by atoms with Gasteiger partial charge in [0.15, 0.2) is 17.5 Å². The second-order valence-electron chi connectivity index (χ2n) is 14.3. The van der Waals surface area contributed by atoms with Gasteiger partial charge >= 0.3 is 0 Å². The monoisotopic (exact) mass is 719 g/mol. The Morgan fingerprint density at radius 1 is 0.554 bits per heavy atom. The van der Waals surface area contributed by atoms with Crippen LogP contribution in [0.2, 0.25) is 0 Å². The summed E-state index contributed by atoms with van der Waals surface area (Å²) in [6.45, 7) is 2.02. The predicted octanol–water partition coefficient (Wildman–Crippen LogP) is 13.3. The van der Waals surface area contributed by atoms with Gasteiger partial charge in [0.2, 0.25) is 0 Å². The molecule has 7 aromatic carbocycles. The van der Waals surface area contributed by atoms with Crippen molar-refractivity contribution in [1.82, 2.24) is 15.0 Å². The summed E-state index contributed by atoms with van der Waals surface area (Å²) in [5.74, 6) is 2.86. The van der Waals surface area contributed by atoms with Crippen LogP contribution in [0.15, 0.2) is 186 Å². The lowest BCUT2D eigenvalue weighted by atomic mass is 9.83. The highest BCUT2D eigenvalue weighted by Crippen LogP contribution is 2.44. The van der Waals surface area contributed by atoms with Crippen LogP contribution in [-0.2, 0) is 6.42 Å². The molecule has 10 rings (SSSR count). The predicted molar refractivity (Wildman–Crippen MR) is 231 cm³/mol. The number of aromatic nitrogens is 3. The summed E-state index contributed by atoms with van der Waals surface area (Å²) >= 11 is 0. The maximum Gasteiger partial charge on any atom is 0.164 e. The van der Waals surface area contributed by atoms with Gasteiger partial charge < -0.3 is 4.42 Å². The molecule has 0 amide bonds. The highest BCUT2D eigenvalue weighted by Gasteiger charge is 2.30. The van der Waals surface area contributed by atoms with Crippen LogP contribution < -0.4 is 0 Å². The van der Waals surface area contributed by atoms with Crippen molar-refractivity contribution in [1.29, 1.82) is 0 Å². The van der Waals surface area contributed by atoms with Crippen LogP contribution in [0.4, 0.5) is 0 Å². The van der Waals surface area contributed by atoms with Crippen molar-refractivity contribution in [3.63, 3.8) is 0 Å². The van der Waals surface area contributed by atoms with Crippen LogP contribution in [0.1, 0.15) is 41.1 Å². The molecule has 266 valence electrons. The lowest BCUT2D eigenvalue weighted by molar-refractivity contribution is 0.531. The Bertz CT molecular complexity index is 3010. The average Bonchev–Trinajstić information content (AvgIpc) is 3.65. The number of allylic oxidation sites excluding steroid dienone is 4. The first-order valence-electron chi connectivity index (χ1n) is 19.2. The first-order valence-corrected chi connectivity index (χ1v) is 19.2. The van der Waals surface area contributed by atoms with E-state index in [2.05, 4.69) is 146 Å². The van der Waals surface area contributed by atoms with E-state index in [1.165, 1.54) is 27.5 Å². The van der Waals surface area contributed by atoms with E-state index in [9.17, 15) is 0 Å². The molecule has 9 aromatic rings. The molecular formula is C52H37N3O. The quantitative estimate of drug-likeness (QED) is 0.154. The van der Waals surface area contributed by atoms with Gasteiger partial charge in [-0.3, -0.25) is 0 Å². The summed E-state index contributed by atoms with van der Waals surface area (Å²) in [5.41, 5.74) is 9.52. The number of nitrogens with zero attached hydrogens (tertiary/aromatic N) is 3. The second kappa shape index (κ2) is 14.2. The van der Waals surface area contributed by atoms with Gasteiger partial charge in [-0.2, -0.15) is 0 Å². The third kappa shape index (κ3) is 6.11. The summed E-state index contributed by atoms with van der Waals surface area (Å²) < 4.78 is 6.68. The van der Waals surface area contributed by atoms with Crippen LogP contribution in [0.3, 0.4) is 0 Å². The van der Waals surface area contributed by atoms with Crippen LogP contribution >= 0.6 is 0 Å². The van der Waals surface area contributed by atoms with E-state index >= 15 is 0 Å². The molecule has 0 N–H and O–H groups in total. The first-order chi connectivity index (χ1) is 27.7. The van der Waals surface area contributed by atoms with Gasteiger partial charge in [-0.05, 0) is 68.9 Å². The molecule has 0 saturated carbocycles. The average molecular weight is 720 g/mol. The standard InChI is InChI=1S/C52H37N3O/c1-2-3-6-17-36-28-29-44(43-21-12-11-20-42(36)43)51-53-50(37-18-9-5-10-19-37)54-52(55-51)46-32-41(33-48-49(46)45-22-13-14-23-47(45)56-48)39-27-25-35-24-26-38(30-40(35)31-39)34-15-7-4-8-16-34/h2-32,41H,33H2,1H3/b3-2-,17-6-. The molecule has 2 heterocycles. The van der Waals surface area contributed by atoms with Crippen LogP contribution in [0.5, 0.6) is 0 Å². The summed E-state index contributed by atoms with van der Waals surface area (Å²) in [6.07, 6.45) is 11.4. The number of hydrogen-bond donors (Lipinski definition) is 0. The lowest BCUT2D eigenvalue weighted by Crippen LogP contribution is -2.11. The van der Waals surface area contributed by atoms with Crippen molar-refractivity contribution >= 4 is 44.2 Å². The first kappa shape index (κ1) is 33.4. The van der Waals surface area contributed by atoms with Crippen molar-refractivity contribution in [2.45, 2.75) is 19.3 Å². The van der Waals surface area contributed by atoms with Gasteiger partial charge in [0.25, 0.3) is 0 Å². The highest BCUT2D eigenvalue weighted by atomic mass is 16.3. The Hall–Kier alpha value is -7.17. The topological polar surface area (TPSA) is 51.8 Å². The molecule has 1 aliphatic carbocycles. The minimum absolute atomic E-state index is 0.0345. The molecule has 0 spiro atoms. The van der Waals surface area contributed by atoms with Crippen LogP contribution in [0.25, 0.3) is 78.1 Å². The fourth-order valence-electron chi connectivity index (χ4n) is 8.05. The minimum Gasteiger partial charge on any atom is -0.460 e. The van der Waals surface area contributed by atoms with Gasteiger partial charge in [-0.25, -0.2) is 15.0 Å². The molecule has 4 heteroatoms. The van der Waals surface area contributed by atoms with Gasteiger partial charge in [-0.1, -0.05) is 170 Å². The highest BCUT2D eigenvalue weighted by molar-refractivity contribution is 6.01. The molecule has 1 unspecified atom stereocenters. The molecule has 4 nitrogen and oxygen atoms in total. The summed E-state index contributed by atoms with van der Waals surface area (Å²) in [7, 11) is 0. The summed E-state index contributed by atoms with van der Waals surface area (Å²) in [5, 5.41) is 5.70. The van der Waals surface area contributed by atoms with Crippen molar-refractivity contribution in [2.75, 3.05) is 0 Å². The molecule has 0 fully saturated rings. The zero-order valence-corrected chi connectivity index (χ0v) is 30.9. The third-order valence-corrected chi connectivity index (χ3v) is 10.8. The van der Waals surface area contributed by atoms with Gasteiger partial charge in [0.1, 0.15) is 11.3 Å². The van der Waals surface area contributed by atoms with Gasteiger partial charge in [-0.15, -0.1) is 0 Å². The lowest BCUT2D eigenvalue weighted by Gasteiger charge is -2.22. The number of para-hydroxylation sites is 1. The van der Waals surface area contributed by atoms with E-state index in [4.69, 9.17) is 19.4 Å². The number of furan rings is 1. The molecule has 1 aliphatic rings. The van der Waals surface area contributed by atoms with Gasteiger partial charge in [0.05, 0.1) is 0 Å². The molecule has 0 aliphatic heterocycles. The van der Waals surface area contributed by atoms with Crippen molar-refractivity contribution in [3.05, 3.63) is 210 Å². The van der Waals surface area contributed by atoms with E-state index in [0.717, 1.165) is 61.7 Å². The largest absolute Gasteiger partial charge is 0.460 e. The Balaban J connectivity index is 1.17. The molecule has 0 radical (unpaired) electrons. The third-order valence-electron chi connectivity index (χ3n) is 10.8. The summed E-state index contributed by atoms with van der Waals surface area (Å²) in [4.78, 5) is 15.8. The minimum atomic E-state index is 0.0345. The fraction of sp³-hybridized carbons (Fsp3) is 0.0577. The molecule has 0 saturated heterocycles. The Kier molecular flexibility index (Phi) is 8.49. The zero-order valence-electron chi connectivity index (χ0n) is 30.9. The number of hydrogen-bond acceptors (Lipinski definition) is 4. The molecule has 56 heavy (non-hydrogen) atoms. The maximum atomic E-state index is 6.68. The molecule has 1 atom stereocenters. The van der Waals surface area contributed by atoms with Crippen molar-refractivity contribution in [3.8, 4) is 33.9 Å². The van der Waals surface area contributed by atoms with Crippen molar-refractivity contribution < 1.29 is 4.42 Å². The zero-order chi connectivity index (χ0) is 37.4. The summed E-state index contributed by atoms with van der Waals surface area (Å²) in [6, 6.07) is 55.4. The van der Waals surface area contributed by atoms with E-state index in [1.54, 1.807) is 0 Å². The normalized spacial score (nSPS) is 14.2. The fourth-order valence-corrected chi connectivity index (χ4v) is 8.05. The number of rotatable bonds is 7. The Morgan fingerprint density at radius 2 is 1.25 bits per heavy atom. The van der Waals surface area contributed by atoms with Crippen LogP contribution in [0, 0.1) is 0 Å². The van der Waals surface area contributed by atoms with Crippen molar-refractivity contribution in [2.24, 2.45) is 0 Å². The second-order valence-corrected chi connectivity index (χ2v) is 14.3. The number of fused-ring (bicyclic) bond motifs is 5. The van der Waals surface area contributed by atoms with E-state index in [1.807, 2.05) is 49.4 Å². The van der Waals surface area contributed by atoms with E-state index in [0.29, 0.717) is 17.5 Å². The van der Waals surface area contributed by atoms with E-state index < -0.39 is 0 Å².